The molecule has 9 heteroatoms. The second-order valence-corrected chi connectivity index (χ2v) is 8.16. The summed E-state index contributed by atoms with van der Waals surface area (Å²) in [4.78, 5) is 32.4. The minimum Gasteiger partial charge on any atom is -0.505 e. The van der Waals surface area contributed by atoms with Gasteiger partial charge in [-0.15, -0.1) is 0 Å². The zero-order valence-corrected chi connectivity index (χ0v) is 20.3. The highest BCUT2D eigenvalue weighted by Crippen LogP contribution is 2.42. The first-order chi connectivity index (χ1) is 16.9. The molecule has 1 unspecified atom stereocenters. The van der Waals surface area contributed by atoms with Gasteiger partial charge in [-0.2, -0.15) is 0 Å². The second-order valence-electron chi connectivity index (χ2n) is 8.16. The number of pyridine rings is 1. The van der Waals surface area contributed by atoms with Crippen LogP contribution in [0.1, 0.15) is 36.3 Å². The zero-order valence-electron chi connectivity index (χ0n) is 20.3. The molecule has 1 N–H and O–H groups in total. The van der Waals surface area contributed by atoms with E-state index in [9.17, 15) is 14.7 Å². The SMILES string of the molecule is CCOc1ccc(C2C(=C(O)c3c(C)nc4ccccn34)C(=O)C(=O)N2CCCOC)cc1OC. The van der Waals surface area contributed by atoms with Crippen molar-refractivity contribution in [2.45, 2.75) is 26.3 Å². The van der Waals surface area contributed by atoms with Crippen molar-refractivity contribution < 1.29 is 28.9 Å². The lowest BCUT2D eigenvalue weighted by molar-refractivity contribution is -0.140. The third kappa shape index (κ3) is 4.35. The van der Waals surface area contributed by atoms with Gasteiger partial charge in [0.1, 0.15) is 11.3 Å². The number of Topliss-reactive ketones (excluding diaryl/α,β-unsaturated/α-hetero) is 1. The van der Waals surface area contributed by atoms with Gasteiger partial charge in [0.15, 0.2) is 17.3 Å². The lowest BCUT2D eigenvalue weighted by Gasteiger charge is -2.26. The molecular weight excluding hydrogens is 450 g/mol. The van der Waals surface area contributed by atoms with Crippen LogP contribution in [0.15, 0.2) is 48.2 Å². The monoisotopic (exact) mass is 479 g/mol. The normalized spacial score (nSPS) is 17.4. The van der Waals surface area contributed by atoms with E-state index in [1.165, 1.54) is 12.0 Å². The molecule has 1 fully saturated rings. The number of aliphatic hydroxyl groups is 1. The van der Waals surface area contributed by atoms with Crippen molar-refractivity contribution in [2.24, 2.45) is 0 Å². The molecule has 1 saturated heterocycles. The number of nitrogens with zero attached hydrogens (tertiary/aromatic N) is 3. The van der Waals surface area contributed by atoms with Crippen molar-refractivity contribution in [1.82, 2.24) is 14.3 Å². The smallest absolute Gasteiger partial charge is 0.295 e. The zero-order chi connectivity index (χ0) is 25.1. The van der Waals surface area contributed by atoms with Gasteiger partial charge >= 0.3 is 0 Å². The van der Waals surface area contributed by atoms with Gasteiger partial charge in [0.25, 0.3) is 11.7 Å². The summed E-state index contributed by atoms with van der Waals surface area (Å²) in [6.45, 7) is 4.79. The van der Waals surface area contributed by atoms with E-state index < -0.39 is 17.7 Å². The molecular formula is C26H29N3O6. The van der Waals surface area contributed by atoms with Gasteiger partial charge in [0.05, 0.1) is 31.0 Å². The molecule has 2 aromatic heterocycles. The van der Waals surface area contributed by atoms with Crippen molar-refractivity contribution in [3.05, 3.63) is 65.1 Å². The van der Waals surface area contributed by atoms with Gasteiger partial charge in [-0.25, -0.2) is 4.98 Å². The van der Waals surface area contributed by atoms with Crippen molar-refractivity contribution >= 4 is 23.1 Å². The number of amides is 1. The molecule has 3 heterocycles. The maximum Gasteiger partial charge on any atom is 0.295 e. The molecule has 1 aliphatic heterocycles. The maximum absolute atomic E-state index is 13.3. The number of ether oxygens (including phenoxy) is 3. The molecule has 0 spiro atoms. The first kappa shape index (κ1) is 24.3. The Hall–Kier alpha value is -3.85. The lowest BCUT2D eigenvalue weighted by atomic mass is 9.95. The highest BCUT2D eigenvalue weighted by molar-refractivity contribution is 6.46. The molecule has 0 radical (unpaired) electrons. The van der Waals surface area contributed by atoms with Gasteiger partial charge in [-0.1, -0.05) is 12.1 Å². The molecule has 0 aliphatic carbocycles. The van der Waals surface area contributed by atoms with Crippen molar-refractivity contribution in [2.75, 3.05) is 34.0 Å². The van der Waals surface area contributed by atoms with E-state index in [0.29, 0.717) is 53.7 Å². The number of fused-ring (bicyclic) bond motifs is 1. The Morgan fingerprint density at radius 3 is 2.66 bits per heavy atom. The van der Waals surface area contributed by atoms with Crippen LogP contribution in [0.3, 0.4) is 0 Å². The molecule has 1 aliphatic rings. The summed E-state index contributed by atoms with van der Waals surface area (Å²) in [5.41, 5.74) is 2.17. The van der Waals surface area contributed by atoms with Crippen LogP contribution in [0.2, 0.25) is 0 Å². The highest BCUT2D eigenvalue weighted by atomic mass is 16.5. The number of carbonyl (C=O) groups is 2. The topological polar surface area (TPSA) is 103 Å². The highest BCUT2D eigenvalue weighted by Gasteiger charge is 2.46. The summed E-state index contributed by atoms with van der Waals surface area (Å²) in [5.74, 6) is -0.674. The number of aryl methyl sites for hydroxylation is 1. The largest absolute Gasteiger partial charge is 0.505 e. The maximum atomic E-state index is 13.3. The minimum atomic E-state index is -0.815. The fourth-order valence-corrected chi connectivity index (χ4v) is 4.49. The van der Waals surface area contributed by atoms with Crippen LogP contribution < -0.4 is 9.47 Å². The summed E-state index contributed by atoms with van der Waals surface area (Å²) in [6, 6.07) is 9.90. The number of benzene rings is 1. The van der Waals surface area contributed by atoms with Gasteiger partial charge in [-0.3, -0.25) is 14.0 Å². The van der Waals surface area contributed by atoms with E-state index in [1.807, 2.05) is 25.1 Å². The number of hydrogen-bond donors (Lipinski definition) is 1. The van der Waals surface area contributed by atoms with Gasteiger partial charge in [-0.05, 0) is 50.1 Å². The summed E-state index contributed by atoms with van der Waals surface area (Å²) in [5, 5.41) is 11.5. The van der Waals surface area contributed by atoms with Crippen molar-refractivity contribution in [3.8, 4) is 11.5 Å². The lowest BCUT2D eigenvalue weighted by Crippen LogP contribution is -2.31. The summed E-state index contributed by atoms with van der Waals surface area (Å²) in [7, 11) is 3.11. The summed E-state index contributed by atoms with van der Waals surface area (Å²) >= 11 is 0. The van der Waals surface area contributed by atoms with E-state index in [2.05, 4.69) is 4.98 Å². The molecule has 1 aromatic carbocycles. The van der Waals surface area contributed by atoms with E-state index in [0.717, 1.165) is 0 Å². The fraction of sp³-hybridized carbons (Fsp3) is 0.346. The molecule has 4 rings (SSSR count). The third-order valence-corrected chi connectivity index (χ3v) is 6.02. The number of ketones is 1. The average Bonchev–Trinajstić information content (AvgIpc) is 3.32. The molecule has 35 heavy (non-hydrogen) atoms. The van der Waals surface area contributed by atoms with Crippen LogP contribution in [0.5, 0.6) is 11.5 Å². The van der Waals surface area contributed by atoms with Crippen molar-refractivity contribution in [1.29, 1.82) is 0 Å². The molecule has 184 valence electrons. The molecule has 9 nitrogen and oxygen atoms in total. The Morgan fingerprint density at radius 1 is 1.14 bits per heavy atom. The Morgan fingerprint density at radius 2 is 1.94 bits per heavy atom. The Kier molecular flexibility index (Phi) is 7.07. The summed E-state index contributed by atoms with van der Waals surface area (Å²) in [6.07, 6.45) is 2.29. The van der Waals surface area contributed by atoms with E-state index in [-0.39, 0.29) is 17.9 Å². The minimum absolute atomic E-state index is 0.00684. The first-order valence-electron chi connectivity index (χ1n) is 11.4. The Balaban J connectivity index is 1.91. The van der Waals surface area contributed by atoms with Crippen LogP contribution in [0.4, 0.5) is 0 Å². The number of rotatable bonds is 9. The van der Waals surface area contributed by atoms with Crippen LogP contribution in [-0.4, -0.2) is 65.1 Å². The quantitative estimate of drug-likeness (QED) is 0.217. The number of hydrogen-bond acceptors (Lipinski definition) is 7. The van der Waals surface area contributed by atoms with Crippen LogP contribution in [0.25, 0.3) is 11.4 Å². The average molecular weight is 480 g/mol. The number of likely N-dealkylation sites (tertiary alicyclic amines) is 1. The molecule has 0 saturated carbocycles. The number of imidazole rings is 1. The third-order valence-electron chi connectivity index (χ3n) is 6.02. The Bertz CT molecular complexity index is 1300. The van der Waals surface area contributed by atoms with Crippen LogP contribution in [-0.2, 0) is 14.3 Å². The predicted octanol–water partition coefficient (Wildman–Crippen LogP) is 3.51. The number of aliphatic hydroxyl groups excluding tert-OH is 1. The van der Waals surface area contributed by atoms with Gasteiger partial charge < -0.3 is 24.2 Å². The van der Waals surface area contributed by atoms with E-state index in [1.54, 1.807) is 42.8 Å². The standard InChI is InChI=1S/C26H29N3O6/c1-5-35-18-11-10-17(15-19(18)34-4)23-21(25(31)26(32)29(23)13-8-14-33-3)24(30)22-16(2)27-20-9-6-7-12-28(20)22/h6-7,9-12,15,23,30H,5,8,13-14H2,1-4H3. The van der Waals surface area contributed by atoms with Gasteiger partial charge in [0, 0.05) is 26.5 Å². The van der Waals surface area contributed by atoms with E-state index >= 15 is 0 Å². The van der Waals surface area contributed by atoms with Crippen molar-refractivity contribution in [3.63, 3.8) is 0 Å². The van der Waals surface area contributed by atoms with E-state index in [4.69, 9.17) is 14.2 Å². The van der Waals surface area contributed by atoms with Crippen LogP contribution >= 0.6 is 0 Å². The van der Waals surface area contributed by atoms with Gasteiger partial charge in [0.2, 0.25) is 0 Å². The molecule has 1 atom stereocenters. The predicted molar refractivity (Wildman–Crippen MR) is 130 cm³/mol. The number of carbonyl (C=O) groups excluding carboxylic acids is 2. The molecule has 3 aromatic rings. The number of methoxy groups -OCH3 is 2. The first-order valence-corrected chi connectivity index (χ1v) is 11.4. The second kappa shape index (κ2) is 10.2. The molecule has 1 amide bonds. The number of aromatic nitrogens is 2. The molecule has 0 bridgehead atoms. The Labute approximate surface area is 203 Å². The summed E-state index contributed by atoms with van der Waals surface area (Å²) < 4.78 is 18.0. The fourth-order valence-electron chi connectivity index (χ4n) is 4.49. The van der Waals surface area contributed by atoms with Crippen LogP contribution in [0, 0.1) is 6.92 Å².